The van der Waals surface area contributed by atoms with Crippen LogP contribution in [0.3, 0.4) is 0 Å². The maximum absolute atomic E-state index is 13.6. The van der Waals surface area contributed by atoms with Gasteiger partial charge >= 0.3 is 0 Å². The van der Waals surface area contributed by atoms with Gasteiger partial charge in [-0.3, -0.25) is 0 Å². The van der Waals surface area contributed by atoms with Crippen molar-refractivity contribution in [3.05, 3.63) is 29.3 Å². The Labute approximate surface area is 103 Å². The summed E-state index contributed by atoms with van der Waals surface area (Å²) in [6.07, 6.45) is 1.59. The van der Waals surface area contributed by atoms with Crippen molar-refractivity contribution < 1.29 is 13.5 Å². The van der Waals surface area contributed by atoms with Gasteiger partial charge in [0.15, 0.2) is 0 Å². The minimum absolute atomic E-state index is 0.0101. The number of rotatable bonds is 2. The molecule has 0 aromatic heterocycles. The van der Waals surface area contributed by atoms with E-state index in [0.717, 1.165) is 25.0 Å². The minimum Gasteiger partial charge on any atom is -0.381 e. The van der Waals surface area contributed by atoms with Crippen molar-refractivity contribution >= 4 is 11.8 Å². The highest BCUT2D eigenvalue weighted by Crippen LogP contribution is 2.33. The molecule has 2 nitrogen and oxygen atoms in total. The average Bonchev–Trinajstić information content (AvgIpc) is 2.35. The largest absolute Gasteiger partial charge is 0.381 e. The number of hydrogen-bond acceptors (Lipinski definition) is 3. The molecule has 1 saturated heterocycles. The molecule has 1 aliphatic heterocycles. The van der Waals surface area contributed by atoms with Crippen LogP contribution in [0, 0.1) is 23.0 Å². The van der Waals surface area contributed by atoms with E-state index in [1.54, 1.807) is 6.07 Å². The summed E-state index contributed by atoms with van der Waals surface area (Å²) in [7, 11) is 0. The first-order valence-electron chi connectivity index (χ1n) is 5.34. The van der Waals surface area contributed by atoms with Crippen molar-refractivity contribution in [2.75, 3.05) is 13.2 Å². The molecule has 0 spiro atoms. The molecule has 17 heavy (non-hydrogen) atoms. The fraction of sp³-hybridized carbons (Fsp3) is 0.417. The second-order valence-corrected chi connectivity index (χ2v) is 5.12. The van der Waals surface area contributed by atoms with Gasteiger partial charge in [0.05, 0.1) is 16.5 Å². The number of halogens is 2. The lowest BCUT2D eigenvalue weighted by Crippen LogP contribution is -2.17. The Morgan fingerprint density at radius 1 is 1.24 bits per heavy atom. The third kappa shape index (κ3) is 2.96. The molecule has 0 amide bonds. The number of benzene rings is 1. The molecular weight excluding hydrogens is 244 g/mol. The van der Waals surface area contributed by atoms with Crippen LogP contribution in [0.1, 0.15) is 18.4 Å². The molecule has 1 aromatic carbocycles. The molecule has 1 aromatic rings. The van der Waals surface area contributed by atoms with Crippen molar-refractivity contribution in [3.63, 3.8) is 0 Å². The topological polar surface area (TPSA) is 33.0 Å². The second kappa shape index (κ2) is 5.48. The summed E-state index contributed by atoms with van der Waals surface area (Å²) in [5.74, 6) is -1.31. The average molecular weight is 255 g/mol. The quantitative estimate of drug-likeness (QED) is 0.814. The van der Waals surface area contributed by atoms with Crippen LogP contribution in [-0.4, -0.2) is 18.5 Å². The van der Waals surface area contributed by atoms with Gasteiger partial charge in [-0.1, -0.05) is 0 Å². The molecule has 1 aliphatic rings. The van der Waals surface area contributed by atoms with Crippen molar-refractivity contribution in [1.29, 1.82) is 5.26 Å². The van der Waals surface area contributed by atoms with Crippen LogP contribution in [0.5, 0.6) is 0 Å². The van der Waals surface area contributed by atoms with Crippen LogP contribution in [-0.2, 0) is 4.74 Å². The zero-order valence-corrected chi connectivity index (χ0v) is 9.90. The molecule has 2 rings (SSSR count). The standard InChI is InChI=1S/C12H11F2NOS/c13-10-5-8(7-15)6-11(14)12(10)17-9-1-3-16-4-2-9/h5-6,9H,1-4H2. The highest BCUT2D eigenvalue weighted by molar-refractivity contribution is 8.00. The number of thioether (sulfide) groups is 1. The van der Waals surface area contributed by atoms with Crippen LogP contribution in [0.4, 0.5) is 8.78 Å². The third-order valence-electron chi connectivity index (χ3n) is 2.58. The zero-order chi connectivity index (χ0) is 12.3. The smallest absolute Gasteiger partial charge is 0.141 e. The van der Waals surface area contributed by atoms with E-state index in [1.165, 1.54) is 11.8 Å². The van der Waals surface area contributed by atoms with Gasteiger partial charge in [0.1, 0.15) is 11.6 Å². The predicted molar refractivity (Wildman–Crippen MR) is 60.8 cm³/mol. The van der Waals surface area contributed by atoms with Gasteiger partial charge < -0.3 is 4.74 Å². The summed E-state index contributed by atoms with van der Waals surface area (Å²) in [5, 5.41) is 8.77. The van der Waals surface area contributed by atoms with E-state index in [0.29, 0.717) is 13.2 Å². The van der Waals surface area contributed by atoms with Crippen molar-refractivity contribution in [3.8, 4) is 6.07 Å². The Bertz CT molecular complexity index is 429. The first-order valence-corrected chi connectivity index (χ1v) is 6.22. The summed E-state index contributed by atoms with van der Waals surface area (Å²) < 4.78 is 32.4. The molecule has 0 atom stereocenters. The molecular formula is C12H11F2NOS. The summed E-state index contributed by atoms with van der Waals surface area (Å²) in [6.45, 7) is 1.27. The predicted octanol–water partition coefficient (Wildman–Crippen LogP) is 3.11. The lowest BCUT2D eigenvalue weighted by Gasteiger charge is -2.21. The molecule has 0 radical (unpaired) electrons. The summed E-state index contributed by atoms with van der Waals surface area (Å²) in [4.78, 5) is 0.0101. The Morgan fingerprint density at radius 3 is 2.35 bits per heavy atom. The first-order chi connectivity index (χ1) is 8.20. The van der Waals surface area contributed by atoms with Crippen molar-refractivity contribution in [1.82, 2.24) is 0 Å². The first kappa shape index (κ1) is 12.3. The van der Waals surface area contributed by atoms with E-state index in [2.05, 4.69) is 0 Å². The Balaban J connectivity index is 2.18. The summed E-state index contributed by atoms with van der Waals surface area (Å²) in [5.41, 5.74) is 0.0105. The van der Waals surface area contributed by atoms with E-state index < -0.39 is 11.6 Å². The zero-order valence-electron chi connectivity index (χ0n) is 9.08. The maximum atomic E-state index is 13.6. The van der Waals surface area contributed by atoms with Crippen LogP contribution in [0.15, 0.2) is 17.0 Å². The monoisotopic (exact) mass is 255 g/mol. The van der Waals surface area contributed by atoms with Crippen LogP contribution in [0.25, 0.3) is 0 Å². The summed E-state index contributed by atoms with van der Waals surface area (Å²) >= 11 is 1.20. The molecule has 0 bridgehead atoms. The number of nitriles is 1. The van der Waals surface area contributed by atoms with Gasteiger partial charge in [-0.2, -0.15) is 5.26 Å². The fourth-order valence-corrected chi connectivity index (χ4v) is 2.80. The van der Waals surface area contributed by atoms with Crippen molar-refractivity contribution in [2.45, 2.75) is 23.0 Å². The Kier molecular flexibility index (Phi) is 3.97. The summed E-state index contributed by atoms with van der Waals surface area (Å²) in [6, 6.07) is 3.88. The SMILES string of the molecule is N#Cc1cc(F)c(SC2CCOCC2)c(F)c1. The Hall–Kier alpha value is -1.12. The lowest BCUT2D eigenvalue weighted by molar-refractivity contribution is 0.1000. The van der Waals surface area contributed by atoms with E-state index in [9.17, 15) is 8.78 Å². The van der Waals surface area contributed by atoms with Gasteiger partial charge in [0, 0.05) is 18.5 Å². The number of ether oxygens (including phenoxy) is 1. The van der Waals surface area contributed by atoms with E-state index in [4.69, 9.17) is 10.00 Å². The normalized spacial score (nSPS) is 16.8. The van der Waals surface area contributed by atoms with E-state index in [-0.39, 0.29) is 15.7 Å². The third-order valence-corrected chi connectivity index (χ3v) is 4.01. The van der Waals surface area contributed by atoms with Crippen LogP contribution in [0.2, 0.25) is 0 Å². The number of nitrogens with zero attached hydrogens (tertiary/aromatic N) is 1. The molecule has 1 fully saturated rings. The van der Waals surface area contributed by atoms with Crippen molar-refractivity contribution in [2.24, 2.45) is 0 Å². The number of hydrogen-bond donors (Lipinski definition) is 0. The lowest BCUT2D eigenvalue weighted by atomic mass is 10.2. The second-order valence-electron chi connectivity index (χ2n) is 3.81. The molecule has 0 aliphatic carbocycles. The molecule has 90 valence electrons. The molecule has 5 heteroatoms. The minimum atomic E-state index is -0.655. The van der Waals surface area contributed by atoms with E-state index in [1.807, 2.05) is 0 Å². The van der Waals surface area contributed by atoms with Gasteiger partial charge in [0.25, 0.3) is 0 Å². The molecule has 0 saturated carbocycles. The van der Waals surface area contributed by atoms with E-state index >= 15 is 0 Å². The molecule has 0 unspecified atom stereocenters. The van der Waals surface area contributed by atoms with Gasteiger partial charge in [-0.25, -0.2) is 8.78 Å². The van der Waals surface area contributed by atoms with Gasteiger partial charge in [-0.05, 0) is 25.0 Å². The highest BCUT2D eigenvalue weighted by atomic mass is 32.2. The van der Waals surface area contributed by atoms with Crippen LogP contribution >= 0.6 is 11.8 Å². The molecule has 1 heterocycles. The Morgan fingerprint density at radius 2 is 1.82 bits per heavy atom. The maximum Gasteiger partial charge on any atom is 0.141 e. The fourth-order valence-electron chi connectivity index (χ4n) is 1.70. The molecule has 0 N–H and O–H groups in total. The van der Waals surface area contributed by atoms with Gasteiger partial charge in [0.2, 0.25) is 0 Å². The van der Waals surface area contributed by atoms with Gasteiger partial charge in [-0.15, -0.1) is 11.8 Å². The highest BCUT2D eigenvalue weighted by Gasteiger charge is 2.20. The van der Waals surface area contributed by atoms with Crippen LogP contribution < -0.4 is 0 Å².